The van der Waals surface area contributed by atoms with Gasteiger partial charge in [-0.05, 0) is 37.5 Å². The number of nitrogens with zero attached hydrogens (tertiary/aromatic N) is 2. The Labute approximate surface area is 151 Å². The number of carbonyl (C=O) groups is 2. The topological polar surface area (TPSA) is 74.3 Å². The van der Waals surface area contributed by atoms with Gasteiger partial charge in [0.15, 0.2) is 5.13 Å². The highest BCUT2D eigenvalue weighted by atomic mass is 32.1. The summed E-state index contributed by atoms with van der Waals surface area (Å²) < 4.78 is 1.00. The van der Waals surface area contributed by atoms with E-state index < -0.39 is 0 Å². The lowest BCUT2D eigenvalue weighted by molar-refractivity contribution is -0.127. The SMILES string of the molecule is CCCNC(=O)c1ccc2nc(NCCCN3CCCC3=O)sc2c1. The van der Waals surface area contributed by atoms with Crippen molar-refractivity contribution in [2.75, 3.05) is 31.5 Å². The van der Waals surface area contributed by atoms with E-state index in [4.69, 9.17) is 0 Å². The maximum atomic E-state index is 12.0. The molecule has 134 valence electrons. The van der Waals surface area contributed by atoms with Crippen molar-refractivity contribution in [3.63, 3.8) is 0 Å². The highest BCUT2D eigenvalue weighted by molar-refractivity contribution is 7.22. The Morgan fingerprint density at radius 1 is 1.36 bits per heavy atom. The van der Waals surface area contributed by atoms with Crippen LogP contribution in [0.1, 0.15) is 43.0 Å². The fourth-order valence-electron chi connectivity index (χ4n) is 2.89. The molecule has 0 spiro atoms. The number of benzene rings is 1. The summed E-state index contributed by atoms with van der Waals surface area (Å²) in [5.41, 5.74) is 1.57. The third-order valence-electron chi connectivity index (χ3n) is 4.24. The Morgan fingerprint density at radius 3 is 3.00 bits per heavy atom. The maximum absolute atomic E-state index is 12.0. The van der Waals surface area contributed by atoms with Crippen LogP contribution in [0, 0.1) is 0 Å². The van der Waals surface area contributed by atoms with Crippen LogP contribution in [0.3, 0.4) is 0 Å². The van der Waals surface area contributed by atoms with Crippen LogP contribution >= 0.6 is 11.3 Å². The molecule has 1 aliphatic heterocycles. The zero-order chi connectivity index (χ0) is 17.6. The summed E-state index contributed by atoms with van der Waals surface area (Å²) in [6.45, 7) is 5.20. The lowest BCUT2D eigenvalue weighted by Crippen LogP contribution is -2.26. The molecule has 1 aromatic heterocycles. The van der Waals surface area contributed by atoms with Gasteiger partial charge in [-0.2, -0.15) is 0 Å². The summed E-state index contributed by atoms with van der Waals surface area (Å²) in [7, 11) is 0. The van der Waals surface area contributed by atoms with Gasteiger partial charge in [0.05, 0.1) is 10.2 Å². The number of thiazole rings is 1. The molecule has 0 aliphatic carbocycles. The summed E-state index contributed by atoms with van der Waals surface area (Å²) in [6.07, 6.45) is 3.51. The van der Waals surface area contributed by atoms with E-state index in [9.17, 15) is 9.59 Å². The average molecular weight is 360 g/mol. The number of likely N-dealkylation sites (tertiary alicyclic amines) is 1. The maximum Gasteiger partial charge on any atom is 0.251 e. The molecule has 2 heterocycles. The highest BCUT2D eigenvalue weighted by Crippen LogP contribution is 2.26. The normalized spacial score (nSPS) is 14.3. The molecule has 7 heteroatoms. The number of nitrogens with one attached hydrogen (secondary N) is 2. The molecule has 2 amide bonds. The summed E-state index contributed by atoms with van der Waals surface area (Å²) in [5, 5.41) is 7.07. The van der Waals surface area contributed by atoms with Crippen molar-refractivity contribution in [3.05, 3.63) is 23.8 Å². The highest BCUT2D eigenvalue weighted by Gasteiger charge is 2.19. The minimum Gasteiger partial charge on any atom is -0.361 e. The molecule has 1 saturated heterocycles. The van der Waals surface area contributed by atoms with Crippen molar-refractivity contribution in [2.45, 2.75) is 32.6 Å². The van der Waals surface area contributed by atoms with Gasteiger partial charge in [0.2, 0.25) is 5.91 Å². The molecular formula is C18H24N4O2S. The number of aromatic nitrogens is 1. The predicted octanol–water partition coefficient (Wildman–Crippen LogP) is 2.86. The van der Waals surface area contributed by atoms with Crippen molar-refractivity contribution < 1.29 is 9.59 Å². The van der Waals surface area contributed by atoms with Crippen LogP contribution in [0.5, 0.6) is 0 Å². The van der Waals surface area contributed by atoms with E-state index in [1.165, 1.54) is 0 Å². The number of anilines is 1. The summed E-state index contributed by atoms with van der Waals surface area (Å²) >= 11 is 1.55. The van der Waals surface area contributed by atoms with Gasteiger partial charge < -0.3 is 15.5 Å². The molecule has 1 fully saturated rings. The third kappa shape index (κ3) is 4.48. The largest absolute Gasteiger partial charge is 0.361 e. The van der Waals surface area contributed by atoms with Crippen LogP contribution < -0.4 is 10.6 Å². The fourth-order valence-corrected chi connectivity index (χ4v) is 3.82. The van der Waals surface area contributed by atoms with Gasteiger partial charge in [-0.25, -0.2) is 4.98 Å². The molecule has 2 aromatic rings. The number of hydrogen-bond donors (Lipinski definition) is 2. The third-order valence-corrected chi connectivity index (χ3v) is 5.21. The minimum atomic E-state index is -0.0399. The quantitative estimate of drug-likeness (QED) is 0.710. The molecule has 2 N–H and O–H groups in total. The molecule has 1 aromatic carbocycles. The lowest BCUT2D eigenvalue weighted by Gasteiger charge is -2.14. The van der Waals surface area contributed by atoms with E-state index in [0.29, 0.717) is 18.5 Å². The van der Waals surface area contributed by atoms with Crippen LogP contribution in [0.2, 0.25) is 0 Å². The minimum absolute atomic E-state index is 0.0399. The molecular weight excluding hydrogens is 336 g/mol. The standard InChI is InChI=1S/C18H24N4O2S/c1-2-8-19-17(24)13-6-7-14-15(12-13)25-18(21-14)20-9-4-11-22-10-3-5-16(22)23/h6-7,12H,2-5,8-11H2,1H3,(H,19,24)(H,20,21). The smallest absolute Gasteiger partial charge is 0.251 e. The van der Waals surface area contributed by atoms with Gasteiger partial charge >= 0.3 is 0 Å². The Bertz CT molecular complexity index is 759. The molecule has 0 radical (unpaired) electrons. The first-order valence-electron chi connectivity index (χ1n) is 8.88. The lowest BCUT2D eigenvalue weighted by atomic mass is 10.2. The summed E-state index contributed by atoms with van der Waals surface area (Å²) in [6, 6.07) is 5.60. The number of hydrogen-bond acceptors (Lipinski definition) is 5. The summed E-state index contributed by atoms with van der Waals surface area (Å²) in [5.74, 6) is 0.232. The monoisotopic (exact) mass is 360 g/mol. The van der Waals surface area contributed by atoms with Crippen LogP contribution in [0.25, 0.3) is 10.2 Å². The second-order valence-corrected chi connectivity index (χ2v) is 7.25. The second kappa shape index (κ2) is 8.29. The first-order chi connectivity index (χ1) is 12.2. The molecule has 0 bridgehead atoms. The molecule has 0 saturated carbocycles. The molecule has 0 unspecified atom stereocenters. The predicted molar refractivity (Wildman–Crippen MR) is 101 cm³/mol. The van der Waals surface area contributed by atoms with E-state index in [1.54, 1.807) is 11.3 Å². The Hall–Kier alpha value is -2.15. The fraction of sp³-hybridized carbons (Fsp3) is 0.500. The Balaban J connectivity index is 1.54. The van der Waals surface area contributed by atoms with Crippen LogP contribution in [-0.4, -0.2) is 47.9 Å². The Kier molecular flexibility index (Phi) is 5.86. The van der Waals surface area contributed by atoms with Gasteiger partial charge in [-0.3, -0.25) is 9.59 Å². The van der Waals surface area contributed by atoms with Gasteiger partial charge in [0, 0.05) is 38.2 Å². The van der Waals surface area contributed by atoms with E-state index in [-0.39, 0.29) is 11.8 Å². The number of fused-ring (bicyclic) bond motifs is 1. The van der Waals surface area contributed by atoms with Crippen molar-refractivity contribution in [1.82, 2.24) is 15.2 Å². The molecule has 6 nitrogen and oxygen atoms in total. The van der Waals surface area contributed by atoms with Crippen LogP contribution in [-0.2, 0) is 4.79 Å². The zero-order valence-corrected chi connectivity index (χ0v) is 15.3. The first-order valence-corrected chi connectivity index (χ1v) is 9.69. The van der Waals surface area contributed by atoms with Crippen molar-refractivity contribution in [3.8, 4) is 0 Å². The van der Waals surface area contributed by atoms with Gasteiger partial charge in [-0.15, -0.1) is 0 Å². The summed E-state index contributed by atoms with van der Waals surface area (Å²) in [4.78, 5) is 30.1. The van der Waals surface area contributed by atoms with E-state index in [0.717, 1.165) is 54.2 Å². The molecule has 25 heavy (non-hydrogen) atoms. The van der Waals surface area contributed by atoms with Crippen LogP contribution in [0.15, 0.2) is 18.2 Å². The zero-order valence-electron chi connectivity index (χ0n) is 14.5. The van der Waals surface area contributed by atoms with Crippen LogP contribution in [0.4, 0.5) is 5.13 Å². The van der Waals surface area contributed by atoms with E-state index >= 15 is 0 Å². The molecule has 0 atom stereocenters. The Morgan fingerprint density at radius 2 is 2.24 bits per heavy atom. The molecule has 3 rings (SSSR count). The number of carbonyl (C=O) groups excluding carboxylic acids is 2. The van der Waals surface area contributed by atoms with Gasteiger partial charge in [-0.1, -0.05) is 18.3 Å². The van der Waals surface area contributed by atoms with E-state index in [1.807, 2.05) is 30.0 Å². The second-order valence-electron chi connectivity index (χ2n) is 6.22. The van der Waals surface area contributed by atoms with Crippen molar-refractivity contribution in [2.24, 2.45) is 0 Å². The average Bonchev–Trinajstić information content (AvgIpc) is 3.21. The molecule has 1 aliphatic rings. The van der Waals surface area contributed by atoms with E-state index in [2.05, 4.69) is 15.6 Å². The van der Waals surface area contributed by atoms with Gasteiger partial charge in [0.25, 0.3) is 5.91 Å². The van der Waals surface area contributed by atoms with Crippen molar-refractivity contribution in [1.29, 1.82) is 0 Å². The van der Waals surface area contributed by atoms with Gasteiger partial charge in [0.1, 0.15) is 0 Å². The van der Waals surface area contributed by atoms with Crippen molar-refractivity contribution >= 4 is 38.5 Å². The number of amides is 2. The number of rotatable bonds is 8. The first kappa shape index (κ1) is 17.7.